The molecule has 2 N–H and O–H groups in total. The summed E-state index contributed by atoms with van der Waals surface area (Å²) >= 11 is 0. The van der Waals surface area contributed by atoms with Gasteiger partial charge in [-0.1, -0.05) is 54.6 Å². The highest BCUT2D eigenvalue weighted by Crippen LogP contribution is 2.17. The van der Waals surface area contributed by atoms with Crippen molar-refractivity contribution in [1.82, 2.24) is 5.32 Å². The number of aliphatic carboxylic acids is 1. The average Bonchev–Trinajstić information content (AvgIpc) is 2.65. The molecule has 0 saturated heterocycles. The maximum Gasteiger partial charge on any atom is 0.413 e. The maximum absolute atomic E-state index is 12.6. The van der Waals surface area contributed by atoms with Crippen LogP contribution in [0.25, 0.3) is 10.8 Å². The highest BCUT2D eigenvalue weighted by atomic mass is 16.6. The molecule has 0 unspecified atom stereocenters. The van der Waals surface area contributed by atoms with Gasteiger partial charge in [0.15, 0.2) is 11.8 Å². The van der Waals surface area contributed by atoms with Gasteiger partial charge in [-0.2, -0.15) is 0 Å². The summed E-state index contributed by atoms with van der Waals surface area (Å²) in [6, 6.07) is 18.7. The first-order valence-corrected chi connectivity index (χ1v) is 7.84. The normalized spacial score (nSPS) is 11.5. The minimum Gasteiger partial charge on any atom is -0.479 e. The van der Waals surface area contributed by atoms with E-state index in [1.165, 1.54) is 6.07 Å². The molecule has 0 aliphatic carbocycles. The molecule has 3 rings (SSSR count). The molecular formula is C20H15NO5. The fourth-order valence-corrected chi connectivity index (χ4v) is 2.49. The van der Waals surface area contributed by atoms with E-state index in [0.717, 1.165) is 10.8 Å². The zero-order valence-corrected chi connectivity index (χ0v) is 13.6. The lowest BCUT2D eigenvalue weighted by atomic mass is 10.0. The predicted molar refractivity (Wildman–Crippen MR) is 95.3 cm³/mol. The van der Waals surface area contributed by atoms with E-state index >= 15 is 0 Å². The Morgan fingerprint density at radius 3 is 2.19 bits per heavy atom. The monoisotopic (exact) mass is 349 g/mol. The Balaban J connectivity index is 1.78. The third kappa shape index (κ3) is 3.87. The molecule has 1 amide bonds. The third-order valence-corrected chi connectivity index (χ3v) is 3.76. The molecule has 26 heavy (non-hydrogen) atoms. The van der Waals surface area contributed by atoms with Crippen LogP contribution < -0.4 is 10.1 Å². The SMILES string of the molecule is O=C(N[C@@H](C(=O)O)C(=O)c1ccc2ccccc2c1)Oc1ccccc1. The third-order valence-electron chi connectivity index (χ3n) is 3.76. The Morgan fingerprint density at radius 2 is 1.50 bits per heavy atom. The molecule has 0 aliphatic rings. The number of ketones is 1. The van der Waals surface area contributed by atoms with Gasteiger partial charge in [-0.25, -0.2) is 9.59 Å². The van der Waals surface area contributed by atoms with Gasteiger partial charge in [-0.05, 0) is 29.0 Å². The van der Waals surface area contributed by atoms with E-state index in [1.807, 2.05) is 24.3 Å². The van der Waals surface area contributed by atoms with E-state index < -0.39 is 23.9 Å². The summed E-state index contributed by atoms with van der Waals surface area (Å²) in [5.41, 5.74) is 0.191. The summed E-state index contributed by atoms with van der Waals surface area (Å²) in [6.07, 6.45) is -1.02. The number of Topliss-reactive ketones (excluding diaryl/α,β-unsaturated/α-hetero) is 1. The molecule has 3 aromatic carbocycles. The van der Waals surface area contributed by atoms with Crippen molar-refractivity contribution in [2.24, 2.45) is 0 Å². The van der Waals surface area contributed by atoms with E-state index in [4.69, 9.17) is 4.74 Å². The number of nitrogens with one attached hydrogen (secondary N) is 1. The van der Waals surface area contributed by atoms with Crippen LogP contribution in [0.2, 0.25) is 0 Å². The van der Waals surface area contributed by atoms with Gasteiger partial charge < -0.3 is 15.2 Å². The highest BCUT2D eigenvalue weighted by Gasteiger charge is 2.30. The van der Waals surface area contributed by atoms with Crippen LogP contribution in [-0.4, -0.2) is 29.0 Å². The number of rotatable bonds is 5. The molecule has 6 nitrogen and oxygen atoms in total. The molecule has 0 radical (unpaired) electrons. The molecule has 0 saturated carbocycles. The lowest BCUT2D eigenvalue weighted by Crippen LogP contribution is -2.47. The van der Waals surface area contributed by atoms with Crippen molar-refractivity contribution in [3.8, 4) is 5.75 Å². The second-order valence-electron chi connectivity index (χ2n) is 5.54. The summed E-state index contributed by atoms with van der Waals surface area (Å²) in [7, 11) is 0. The first-order chi connectivity index (χ1) is 12.5. The van der Waals surface area contributed by atoms with E-state index in [2.05, 4.69) is 5.32 Å². The number of fused-ring (bicyclic) bond motifs is 1. The summed E-state index contributed by atoms with van der Waals surface area (Å²) in [5, 5.41) is 13.2. The van der Waals surface area contributed by atoms with Crippen LogP contribution in [0.5, 0.6) is 5.75 Å². The van der Waals surface area contributed by atoms with Crippen molar-refractivity contribution >= 4 is 28.6 Å². The smallest absolute Gasteiger partial charge is 0.413 e. The number of carbonyl (C=O) groups is 3. The van der Waals surface area contributed by atoms with Crippen molar-refractivity contribution in [3.63, 3.8) is 0 Å². The van der Waals surface area contributed by atoms with Crippen molar-refractivity contribution in [2.45, 2.75) is 6.04 Å². The van der Waals surface area contributed by atoms with Crippen LogP contribution in [0.15, 0.2) is 72.8 Å². The lowest BCUT2D eigenvalue weighted by Gasteiger charge is -2.14. The number of hydrogen-bond acceptors (Lipinski definition) is 4. The quantitative estimate of drug-likeness (QED) is 0.545. The number of carbonyl (C=O) groups excluding carboxylic acids is 2. The molecule has 0 spiro atoms. The molecule has 0 fully saturated rings. The standard InChI is InChI=1S/C20H15NO5/c22-18(15-11-10-13-6-4-5-7-14(13)12-15)17(19(23)24)21-20(25)26-16-8-2-1-3-9-16/h1-12,17H,(H,21,25)(H,23,24)/t17-/m1/s1. The second kappa shape index (κ2) is 7.48. The predicted octanol–water partition coefficient (Wildman–Crippen LogP) is 3.26. The maximum atomic E-state index is 12.6. The largest absolute Gasteiger partial charge is 0.479 e. The minimum atomic E-state index is -1.74. The zero-order valence-electron chi connectivity index (χ0n) is 13.6. The van der Waals surface area contributed by atoms with Crippen molar-refractivity contribution in [2.75, 3.05) is 0 Å². The Kier molecular flexibility index (Phi) is 4.94. The van der Waals surface area contributed by atoms with E-state index in [1.54, 1.807) is 42.5 Å². The van der Waals surface area contributed by atoms with Crippen LogP contribution in [0.3, 0.4) is 0 Å². The number of carboxylic acids is 1. The number of benzene rings is 3. The van der Waals surface area contributed by atoms with Gasteiger partial charge >= 0.3 is 12.1 Å². The topological polar surface area (TPSA) is 92.7 Å². The van der Waals surface area contributed by atoms with Crippen LogP contribution in [0.1, 0.15) is 10.4 Å². The molecular weight excluding hydrogens is 334 g/mol. The minimum absolute atomic E-state index is 0.191. The number of hydrogen-bond donors (Lipinski definition) is 2. The van der Waals surface area contributed by atoms with E-state index in [9.17, 15) is 19.5 Å². The first kappa shape index (κ1) is 17.2. The molecule has 130 valence electrons. The van der Waals surface area contributed by atoms with Crippen LogP contribution >= 0.6 is 0 Å². The average molecular weight is 349 g/mol. The molecule has 0 bridgehead atoms. The van der Waals surface area contributed by atoms with Gasteiger partial charge in [-0.3, -0.25) is 4.79 Å². The van der Waals surface area contributed by atoms with Gasteiger partial charge in [0.1, 0.15) is 5.75 Å². The van der Waals surface area contributed by atoms with Crippen LogP contribution in [-0.2, 0) is 4.79 Å². The fourth-order valence-electron chi connectivity index (χ4n) is 2.49. The van der Waals surface area contributed by atoms with Crippen LogP contribution in [0, 0.1) is 0 Å². The van der Waals surface area contributed by atoms with E-state index in [0.29, 0.717) is 0 Å². The van der Waals surface area contributed by atoms with Crippen LogP contribution in [0.4, 0.5) is 4.79 Å². The Morgan fingerprint density at radius 1 is 0.846 bits per heavy atom. The molecule has 0 heterocycles. The Bertz CT molecular complexity index is 968. The summed E-state index contributed by atoms with van der Waals surface area (Å²) in [4.78, 5) is 36.0. The molecule has 0 aromatic heterocycles. The molecule has 0 aliphatic heterocycles. The number of para-hydroxylation sites is 1. The Hall–Kier alpha value is -3.67. The van der Waals surface area contributed by atoms with E-state index in [-0.39, 0.29) is 11.3 Å². The first-order valence-electron chi connectivity index (χ1n) is 7.84. The highest BCUT2D eigenvalue weighted by molar-refractivity contribution is 6.14. The van der Waals surface area contributed by atoms with Gasteiger partial charge in [0.25, 0.3) is 0 Å². The van der Waals surface area contributed by atoms with Gasteiger partial charge in [0, 0.05) is 5.56 Å². The van der Waals surface area contributed by atoms with Gasteiger partial charge in [0.2, 0.25) is 0 Å². The summed E-state index contributed by atoms with van der Waals surface area (Å²) in [5.74, 6) is -1.95. The second-order valence-corrected chi connectivity index (χ2v) is 5.54. The van der Waals surface area contributed by atoms with Crippen molar-refractivity contribution in [1.29, 1.82) is 0 Å². The summed E-state index contributed by atoms with van der Waals surface area (Å²) in [6.45, 7) is 0. The number of amides is 1. The number of carboxylic acid groups (broad SMARTS) is 1. The lowest BCUT2D eigenvalue weighted by molar-refractivity contribution is -0.137. The van der Waals surface area contributed by atoms with Crippen molar-refractivity contribution < 1.29 is 24.2 Å². The van der Waals surface area contributed by atoms with Crippen molar-refractivity contribution in [3.05, 3.63) is 78.4 Å². The van der Waals surface area contributed by atoms with Gasteiger partial charge in [-0.15, -0.1) is 0 Å². The van der Waals surface area contributed by atoms with Gasteiger partial charge in [0.05, 0.1) is 0 Å². The molecule has 3 aromatic rings. The fraction of sp³-hybridized carbons (Fsp3) is 0.0500. The summed E-state index contributed by atoms with van der Waals surface area (Å²) < 4.78 is 4.99. The zero-order chi connectivity index (χ0) is 18.5. The molecule has 6 heteroatoms. The molecule has 1 atom stereocenters. The Labute approximate surface area is 149 Å². The number of ether oxygens (including phenoxy) is 1.